The van der Waals surface area contributed by atoms with Crippen LogP contribution in [0.3, 0.4) is 0 Å². The molecule has 0 fully saturated rings. The summed E-state index contributed by atoms with van der Waals surface area (Å²) in [5.74, 6) is 2.55. The van der Waals surface area contributed by atoms with Gasteiger partial charge < -0.3 is 0 Å². The van der Waals surface area contributed by atoms with Crippen LogP contribution < -0.4 is 26.7 Å². The molecule has 6 aromatic rings. The molecule has 2 aliphatic rings. The third-order valence-electron chi connectivity index (χ3n) is 9.49. The van der Waals surface area contributed by atoms with Crippen LogP contribution in [0.5, 0.6) is 11.5 Å². The van der Waals surface area contributed by atoms with Crippen molar-refractivity contribution in [3.63, 3.8) is 0 Å². The second-order valence-electron chi connectivity index (χ2n) is 15.1. The van der Waals surface area contributed by atoms with Crippen LogP contribution in [0.4, 0.5) is 39.9 Å². The quantitative estimate of drug-likeness (QED) is 0.163. The molecule has 5 aromatic carbocycles. The molecule has 0 bridgehead atoms. The van der Waals surface area contributed by atoms with Crippen molar-refractivity contribution in [2.75, 3.05) is 21.4 Å². The van der Waals surface area contributed by atoms with Gasteiger partial charge in [-0.2, -0.15) is 0 Å². The van der Waals surface area contributed by atoms with E-state index in [4.69, 9.17) is 9.72 Å². The molecule has 0 aliphatic carbocycles. The van der Waals surface area contributed by atoms with E-state index in [2.05, 4.69) is 178 Å². The predicted octanol–water partition coefficient (Wildman–Crippen LogP) is 10.2. The Labute approximate surface area is 306 Å². The third-order valence-corrected chi connectivity index (χ3v) is 12.7. The van der Waals surface area contributed by atoms with Crippen LogP contribution in [0.1, 0.15) is 52.7 Å². The molecule has 0 saturated heterocycles. The number of aromatic nitrogens is 1. The van der Waals surface area contributed by atoms with Gasteiger partial charge in [-0.15, -0.1) is 0 Å². The van der Waals surface area contributed by atoms with Crippen LogP contribution in [-0.2, 0) is 10.8 Å². The Balaban J connectivity index is 1.10. The van der Waals surface area contributed by atoms with Crippen molar-refractivity contribution in [1.82, 2.24) is 4.98 Å². The van der Waals surface area contributed by atoms with Crippen molar-refractivity contribution < 1.29 is 4.74 Å². The van der Waals surface area contributed by atoms with Gasteiger partial charge in [0.05, 0.1) is 0 Å². The summed E-state index contributed by atoms with van der Waals surface area (Å²) in [5, 5.41) is 0. The minimum Gasteiger partial charge on any atom is -0.0564 e. The van der Waals surface area contributed by atoms with Crippen molar-refractivity contribution in [2.24, 2.45) is 0 Å². The molecule has 0 amide bonds. The summed E-state index contributed by atoms with van der Waals surface area (Å²) in [4.78, 5) is 12.0. The number of anilines is 7. The van der Waals surface area contributed by atoms with E-state index in [1.807, 2.05) is 12.3 Å². The minimum atomic E-state index is -0.574. The van der Waals surface area contributed by atoms with Crippen molar-refractivity contribution >= 4 is 68.1 Å². The van der Waals surface area contributed by atoms with Crippen LogP contribution >= 0.6 is 0 Å². The summed E-state index contributed by atoms with van der Waals surface area (Å²) >= 11 is -0.574. The summed E-state index contributed by atoms with van der Waals surface area (Å²) in [6.07, 6.45) is 1.94. The number of hydrogen-bond donors (Lipinski definition) is 0. The van der Waals surface area contributed by atoms with Gasteiger partial charge in [0.15, 0.2) is 0 Å². The summed E-state index contributed by atoms with van der Waals surface area (Å²) in [6, 6.07) is 45.8. The van der Waals surface area contributed by atoms with Crippen LogP contribution in [-0.4, -0.2) is 32.6 Å². The van der Waals surface area contributed by atoms with E-state index in [-0.39, 0.29) is 10.8 Å². The smallest absolute Gasteiger partial charge is 0.0380 e. The molecule has 0 unspecified atom stereocenters. The fourth-order valence-electron chi connectivity index (χ4n) is 6.70. The van der Waals surface area contributed by atoms with E-state index in [0.29, 0.717) is 0 Å². The number of nitrogens with zero attached hydrogens (tertiary/aromatic N) is 4. The molecule has 6 heteroatoms. The average molecular weight is 770 g/mol. The summed E-state index contributed by atoms with van der Waals surface area (Å²) < 4.78 is 9.46. The molecule has 0 radical (unpaired) electrons. The number of pyridine rings is 1. The van der Waals surface area contributed by atoms with Crippen LogP contribution in [0.25, 0.3) is 0 Å². The molecule has 0 spiro atoms. The maximum atomic E-state index is 6.67. The van der Waals surface area contributed by atoms with Gasteiger partial charge in [-0.3, -0.25) is 0 Å². The van der Waals surface area contributed by atoms with Gasteiger partial charge in [0, 0.05) is 0 Å². The zero-order chi connectivity index (χ0) is 34.6. The van der Waals surface area contributed by atoms with E-state index in [1.54, 1.807) is 0 Å². The Morgan fingerprint density at radius 1 is 0.540 bits per heavy atom. The second kappa shape index (κ2) is 12.5. The first-order valence-electron chi connectivity index (χ1n) is 17.2. The molecule has 0 saturated carbocycles. The SMILES string of the molecule is CC(C)(C)c1ccc(N2CN(c3cccc(Oc4ccc5c(c4)N(c4cc(C(C)(C)C)ccn4)c4ccccc4[Te]5)c3)c3ccccc32)cc1. The van der Waals surface area contributed by atoms with Gasteiger partial charge >= 0.3 is 246 Å². The van der Waals surface area contributed by atoms with E-state index in [9.17, 15) is 0 Å². The monoisotopic (exact) mass is 772 g/mol. The summed E-state index contributed by atoms with van der Waals surface area (Å²) in [6.45, 7) is 14.2. The van der Waals surface area contributed by atoms with Gasteiger partial charge in [-0.25, -0.2) is 0 Å². The molecular weight excluding hydrogens is 728 g/mol. The maximum absolute atomic E-state index is 6.67. The summed E-state index contributed by atoms with van der Waals surface area (Å²) in [5.41, 5.74) is 9.75. The van der Waals surface area contributed by atoms with Crippen LogP contribution in [0.2, 0.25) is 0 Å². The first kappa shape index (κ1) is 32.4. The van der Waals surface area contributed by atoms with Crippen molar-refractivity contribution in [3.05, 3.63) is 145 Å². The Kier molecular flexibility index (Phi) is 8.13. The molecule has 8 rings (SSSR count). The summed E-state index contributed by atoms with van der Waals surface area (Å²) in [7, 11) is 0. The first-order valence-corrected chi connectivity index (χ1v) is 19.6. The van der Waals surface area contributed by atoms with E-state index in [0.717, 1.165) is 35.4 Å². The minimum absolute atomic E-state index is 0.0176. The Morgan fingerprint density at radius 3 is 1.90 bits per heavy atom. The zero-order valence-corrected chi connectivity index (χ0v) is 31.8. The Bertz CT molecular complexity index is 2200. The molecule has 0 N–H and O–H groups in total. The number of fused-ring (bicyclic) bond motifs is 3. The number of ether oxygens (including phenoxy) is 1. The molecule has 3 heterocycles. The van der Waals surface area contributed by atoms with E-state index < -0.39 is 20.9 Å². The molecule has 5 nitrogen and oxygen atoms in total. The van der Waals surface area contributed by atoms with Gasteiger partial charge in [-0.05, 0) is 23.1 Å². The van der Waals surface area contributed by atoms with Crippen LogP contribution in [0, 0.1) is 0 Å². The first-order chi connectivity index (χ1) is 24.0. The van der Waals surface area contributed by atoms with Gasteiger partial charge in [0.2, 0.25) is 0 Å². The zero-order valence-electron chi connectivity index (χ0n) is 29.5. The number of rotatable bonds is 5. The predicted molar refractivity (Wildman–Crippen MR) is 210 cm³/mol. The van der Waals surface area contributed by atoms with Crippen molar-refractivity contribution in [2.45, 2.75) is 52.4 Å². The number of hydrogen-bond acceptors (Lipinski definition) is 5. The fourth-order valence-corrected chi connectivity index (χ4v) is 9.66. The van der Waals surface area contributed by atoms with Crippen LogP contribution in [0.15, 0.2) is 134 Å². The Hall–Kier alpha value is -4.76. The number of benzene rings is 5. The number of para-hydroxylation sites is 3. The van der Waals surface area contributed by atoms with Crippen molar-refractivity contribution in [1.29, 1.82) is 0 Å². The molecular formula is C44H42N4OTe. The Morgan fingerprint density at radius 2 is 1.18 bits per heavy atom. The standard InChI is InChI=1S/C44H42N4OTe/c1-43(2,3)30-18-20-32(21-19-30)46-29-47(37-15-8-7-14-36(37)46)33-12-11-13-34(27-33)49-35-22-23-41-39(28-35)48(38-16-9-10-17-40(38)50-41)42-26-31(24-25-45-42)44(4,5)6/h7-28H,29H2,1-6H3. The molecule has 250 valence electrons. The molecule has 1 aromatic heterocycles. The van der Waals surface area contributed by atoms with Gasteiger partial charge in [0.25, 0.3) is 0 Å². The average Bonchev–Trinajstić information content (AvgIpc) is 3.50. The van der Waals surface area contributed by atoms with Crippen molar-refractivity contribution in [3.8, 4) is 11.5 Å². The molecule has 50 heavy (non-hydrogen) atoms. The molecule has 0 atom stereocenters. The fraction of sp³-hybridized carbons (Fsp3) is 0.205. The topological polar surface area (TPSA) is 31.8 Å². The maximum Gasteiger partial charge on any atom is -0.0380 e. The second-order valence-corrected chi connectivity index (χ2v) is 18.2. The van der Waals surface area contributed by atoms with Gasteiger partial charge in [-0.1, -0.05) is 39.0 Å². The largest absolute Gasteiger partial charge is 0.0564 e. The third kappa shape index (κ3) is 6.12. The molecule has 2 aliphatic heterocycles. The van der Waals surface area contributed by atoms with Gasteiger partial charge in [0.1, 0.15) is 0 Å². The normalized spacial score (nSPS) is 13.9. The van der Waals surface area contributed by atoms with E-state index in [1.165, 1.54) is 41.1 Å². The van der Waals surface area contributed by atoms with E-state index >= 15 is 0 Å².